The van der Waals surface area contributed by atoms with Gasteiger partial charge in [0.05, 0.1) is 5.69 Å². The fourth-order valence-electron chi connectivity index (χ4n) is 2.33. The SMILES string of the molecule is Cc1cc(C(=O)N2Cc3ccccc3NC(=O)C2C)on1. The lowest BCUT2D eigenvalue weighted by atomic mass is 10.1. The first-order chi connectivity index (χ1) is 10.1. The highest BCUT2D eigenvalue weighted by Crippen LogP contribution is 2.24. The van der Waals surface area contributed by atoms with Crippen molar-refractivity contribution in [2.45, 2.75) is 26.4 Å². The van der Waals surface area contributed by atoms with E-state index in [1.807, 2.05) is 24.3 Å². The number of para-hydroxylation sites is 1. The minimum absolute atomic E-state index is 0.145. The molecule has 1 aromatic carbocycles. The van der Waals surface area contributed by atoms with Crippen LogP contribution in [0.4, 0.5) is 5.69 Å². The number of hydrogen-bond donors (Lipinski definition) is 1. The number of aryl methyl sites for hydroxylation is 1. The minimum atomic E-state index is -0.588. The molecule has 6 heteroatoms. The van der Waals surface area contributed by atoms with E-state index in [-0.39, 0.29) is 17.6 Å². The number of fused-ring (bicyclic) bond motifs is 1. The lowest BCUT2D eigenvalue weighted by molar-refractivity contribution is -0.120. The molecule has 6 nitrogen and oxygen atoms in total. The summed E-state index contributed by atoms with van der Waals surface area (Å²) in [6.45, 7) is 3.78. The Morgan fingerprint density at radius 1 is 1.43 bits per heavy atom. The molecule has 0 saturated heterocycles. The van der Waals surface area contributed by atoms with Gasteiger partial charge in [0.25, 0.3) is 5.91 Å². The summed E-state index contributed by atoms with van der Waals surface area (Å²) in [6.07, 6.45) is 0. The zero-order valence-corrected chi connectivity index (χ0v) is 11.8. The fraction of sp³-hybridized carbons (Fsp3) is 0.267. The first-order valence-electron chi connectivity index (χ1n) is 6.69. The van der Waals surface area contributed by atoms with Crippen LogP contribution < -0.4 is 5.32 Å². The molecule has 108 valence electrons. The Kier molecular flexibility index (Phi) is 3.21. The largest absolute Gasteiger partial charge is 0.351 e. The van der Waals surface area contributed by atoms with E-state index in [0.29, 0.717) is 12.2 Å². The summed E-state index contributed by atoms with van der Waals surface area (Å²) in [7, 11) is 0. The van der Waals surface area contributed by atoms with Crippen LogP contribution >= 0.6 is 0 Å². The third-order valence-corrected chi connectivity index (χ3v) is 3.56. The second-order valence-corrected chi connectivity index (χ2v) is 5.09. The third kappa shape index (κ3) is 2.40. The zero-order valence-electron chi connectivity index (χ0n) is 11.8. The van der Waals surface area contributed by atoms with Crippen LogP contribution in [0.2, 0.25) is 0 Å². The standard InChI is InChI=1S/C15H15N3O3/c1-9-7-13(21-17-9)15(20)18-8-11-5-3-4-6-12(11)16-14(19)10(18)2/h3-7,10H,8H2,1-2H3,(H,16,19). The molecule has 1 atom stereocenters. The van der Waals surface area contributed by atoms with Crippen LogP contribution in [0.5, 0.6) is 0 Å². The van der Waals surface area contributed by atoms with Crippen LogP contribution in [0.3, 0.4) is 0 Å². The van der Waals surface area contributed by atoms with Gasteiger partial charge in [0.1, 0.15) is 6.04 Å². The first kappa shape index (κ1) is 13.4. The van der Waals surface area contributed by atoms with E-state index < -0.39 is 6.04 Å². The number of aromatic nitrogens is 1. The van der Waals surface area contributed by atoms with Crippen molar-refractivity contribution in [1.82, 2.24) is 10.1 Å². The molecule has 0 saturated carbocycles. The molecule has 1 aromatic heterocycles. The average molecular weight is 285 g/mol. The van der Waals surface area contributed by atoms with Crippen molar-refractivity contribution < 1.29 is 14.1 Å². The molecule has 0 aliphatic carbocycles. The molecule has 0 spiro atoms. The van der Waals surface area contributed by atoms with Crippen molar-refractivity contribution in [2.24, 2.45) is 0 Å². The van der Waals surface area contributed by atoms with Gasteiger partial charge in [0.2, 0.25) is 11.7 Å². The van der Waals surface area contributed by atoms with Crippen LogP contribution in [-0.4, -0.2) is 27.9 Å². The highest BCUT2D eigenvalue weighted by molar-refractivity contribution is 6.01. The summed E-state index contributed by atoms with van der Waals surface area (Å²) < 4.78 is 5.02. The van der Waals surface area contributed by atoms with Gasteiger partial charge in [-0.15, -0.1) is 0 Å². The van der Waals surface area contributed by atoms with Gasteiger partial charge >= 0.3 is 0 Å². The molecule has 3 rings (SSSR count). The molecule has 2 aromatic rings. The Bertz CT molecular complexity index is 708. The normalized spacial score (nSPS) is 17.9. The Hall–Kier alpha value is -2.63. The van der Waals surface area contributed by atoms with Crippen molar-refractivity contribution >= 4 is 17.5 Å². The Morgan fingerprint density at radius 2 is 2.19 bits per heavy atom. The van der Waals surface area contributed by atoms with Crippen LogP contribution in [0.1, 0.15) is 28.7 Å². The molecule has 0 fully saturated rings. The van der Waals surface area contributed by atoms with Crippen LogP contribution in [-0.2, 0) is 11.3 Å². The smallest absolute Gasteiger partial charge is 0.293 e. The van der Waals surface area contributed by atoms with Gasteiger partial charge in [-0.3, -0.25) is 9.59 Å². The molecule has 2 amide bonds. The van der Waals surface area contributed by atoms with Gasteiger partial charge in [-0.05, 0) is 25.5 Å². The quantitative estimate of drug-likeness (QED) is 0.869. The monoisotopic (exact) mass is 285 g/mol. The number of carbonyl (C=O) groups excluding carboxylic acids is 2. The molecule has 1 aliphatic rings. The lowest BCUT2D eigenvalue weighted by Gasteiger charge is -2.24. The van der Waals surface area contributed by atoms with E-state index in [9.17, 15) is 9.59 Å². The molecule has 21 heavy (non-hydrogen) atoms. The van der Waals surface area contributed by atoms with Gasteiger partial charge < -0.3 is 14.7 Å². The summed E-state index contributed by atoms with van der Waals surface area (Å²) >= 11 is 0. The van der Waals surface area contributed by atoms with Crippen molar-refractivity contribution in [1.29, 1.82) is 0 Å². The maximum absolute atomic E-state index is 12.5. The molecule has 1 unspecified atom stereocenters. The highest BCUT2D eigenvalue weighted by atomic mass is 16.5. The topological polar surface area (TPSA) is 75.4 Å². The van der Waals surface area contributed by atoms with Crippen molar-refractivity contribution in [3.05, 3.63) is 47.3 Å². The van der Waals surface area contributed by atoms with Gasteiger partial charge in [0, 0.05) is 18.3 Å². The van der Waals surface area contributed by atoms with Gasteiger partial charge in [-0.25, -0.2) is 0 Å². The zero-order chi connectivity index (χ0) is 15.0. The average Bonchev–Trinajstić information content (AvgIpc) is 2.86. The molecule has 1 N–H and O–H groups in total. The molecule has 1 aliphatic heterocycles. The van der Waals surface area contributed by atoms with Gasteiger partial charge in [0.15, 0.2) is 0 Å². The van der Waals surface area contributed by atoms with Crippen molar-refractivity contribution in [2.75, 3.05) is 5.32 Å². The Labute approximate surface area is 121 Å². The number of rotatable bonds is 1. The molecule has 0 radical (unpaired) electrons. The van der Waals surface area contributed by atoms with E-state index in [1.165, 1.54) is 4.90 Å². The Morgan fingerprint density at radius 3 is 2.90 bits per heavy atom. The highest BCUT2D eigenvalue weighted by Gasteiger charge is 2.32. The van der Waals surface area contributed by atoms with Gasteiger partial charge in [-0.1, -0.05) is 23.4 Å². The number of nitrogens with zero attached hydrogens (tertiary/aromatic N) is 2. The summed E-state index contributed by atoms with van der Waals surface area (Å²) in [6, 6.07) is 8.43. The van der Waals surface area contributed by atoms with E-state index >= 15 is 0 Å². The maximum Gasteiger partial charge on any atom is 0.293 e. The van der Waals surface area contributed by atoms with Crippen LogP contribution in [0.15, 0.2) is 34.9 Å². The van der Waals surface area contributed by atoms with E-state index in [2.05, 4.69) is 10.5 Å². The van der Waals surface area contributed by atoms with Gasteiger partial charge in [-0.2, -0.15) is 0 Å². The predicted molar refractivity (Wildman–Crippen MR) is 75.6 cm³/mol. The predicted octanol–water partition coefficient (Wildman–Crippen LogP) is 1.97. The number of benzene rings is 1. The fourth-order valence-corrected chi connectivity index (χ4v) is 2.33. The lowest BCUT2D eigenvalue weighted by Crippen LogP contribution is -2.43. The molecular weight excluding hydrogens is 270 g/mol. The number of hydrogen-bond acceptors (Lipinski definition) is 4. The Balaban J connectivity index is 1.97. The van der Waals surface area contributed by atoms with Crippen molar-refractivity contribution in [3.63, 3.8) is 0 Å². The maximum atomic E-state index is 12.5. The van der Waals surface area contributed by atoms with Crippen molar-refractivity contribution in [3.8, 4) is 0 Å². The number of anilines is 1. The summed E-state index contributed by atoms with van der Waals surface area (Å²) in [5.41, 5.74) is 2.25. The molecular formula is C15H15N3O3. The summed E-state index contributed by atoms with van der Waals surface area (Å²) in [5.74, 6) is -0.411. The first-order valence-corrected chi connectivity index (χ1v) is 6.69. The number of carbonyl (C=O) groups is 2. The summed E-state index contributed by atoms with van der Waals surface area (Å²) in [5, 5.41) is 6.56. The molecule has 0 bridgehead atoms. The molecule has 2 heterocycles. The minimum Gasteiger partial charge on any atom is -0.351 e. The summed E-state index contributed by atoms with van der Waals surface area (Å²) in [4.78, 5) is 26.2. The number of nitrogens with one attached hydrogen (secondary N) is 1. The third-order valence-electron chi connectivity index (χ3n) is 3.56. The van der Waals surface area contributed by atoms with Crippen LogP contribution in [0.25, 0.3) is 0 Å². The van der Waals surface area contributed by atoms with E-state index in [1.54, 1.807) is 19.9 Å². The van der Waals surface area contributed by atoms with E-state index in [0.717, 1.165) is 11.3 Å². The second kappa shape index (κ2) is 5.05. The van der Waals surface area contributed by atoms with E-state index in [4.69, 9.17) is 4.52 Å². The van der Waals surface area contributed by atoms with Crippen LogP contribution in [0, 0.1) is 6.92 Å². The number of amides is 2. The second-order valence-electron chi connectivity index (χ2n) is 5.09.